The minimum Gasteiger partial charge on any atom is -0.382 e. The molecule has 8 heteroatoms. The van der Waals surface area contributed by atoms with Crippen molar-refractivity contribution in [2.75, 3.05) is 17.2 Å². The van der Waals surface area contributed by atoms with Gasteiger partial charge in [0.25, 0.3) is 0 Å². The normalized spacial score (nSPS) is 10.9. The smallest absolute Gasteiger partial charge is 0.163 e. The number of nitrogens with one attached hydrogen (secondary N) is 2. The van der Waals surface area contributed by atoms with E-state index >= 15 is 0 Å². The van der Waals surface area contributed by atoms with E-state index in [-0.39, 0.29) is 16.9 Å². The van der Waals surface area contributed by atoms with Gasteiger partial charge in [-0.05, 0) is 30.7 Å². The first-order valence-corrected chi connectivity index (χ1v) is 10.4. The van der Waals surface area contributed by atoms with Crippen LogP contribution in [-0.4, -0.2) is 21.5 Å². The number of pyridine rings is 1. The Balaban J connectivity index is 1.80. The molecule has 0 unspecified atom stereocenters. The van der Waals surface area contributed by atoms with Crippen LogP contribution in [0.1, 0.15) is 18.9 Å². The molecule has 0 aliphatic heterocycles. The summed E-state index contributed by atoms with van der Waals surface area (Å²) in [7, 11) is 0. The van der Waals surface area contributed by atoms with Crippen LogP contribution in [0.2, 0.25) is 5.02 Å². The highest BCUT2D eigenvalue weighted by Crippen LogP contribution is 2.32. The van der Waals surface area contributed by atoms with Gasteiger partial charge >= 0.3 is 0 Å². The second-order valence-corrected chi connectivity index (χ2v) is 7.52. The van der Waals surface area contributed by atoms with Crippen LogP contribution >= 0.6 is 11.6 Å². The predicted molar refractivity (Wildman–Crippen MR) is 126 cm³/mol. The van der Waals surface area contributed by atoms with Crippen LogP contribution in [-0.2, 0) is 0 Å². The first-order valence-electron chi connectivity index (χ1n) is 10.0. The first-order chi connectivity index (χ1) is 15.5. The van der Waals surface area contributed by atoms with Gasteiger partial charge in [-0.1, -0.05) is 37.2 Å². The molecule has 0 aliphatic rings. The summed E-state index contributed by atoms with van der Waals surface area (Å²) < 4.78 is 28.5. The zero-order chi connectivity index (χ0) is 22.7. The number of hydrogen-bond acceptors (Lipinski definition) is 5. The van der Waals surface area contributed by atoms with Gasteiger partial charge in [-0.15, -0.1) is 0 Å². The van der Waals surface area contributed by atoms with Crippen LogP contribution in [0, 0.1) is 11.6 Å². The largest absolute Gasteiger partial charge is 0.382 e. The molecular weight excluding hydrogens is 432 g/mol. The number of hydrogen-bond donors (Lipinski definition) is 2. The molecule has 162 valence electrons. The average molecular weight is 452 g/mol. The molecule has 0 saturated carbocycles. The number of rotatable bonds is 7. The Hall–Kier alpha value is -3.58. The number of anilines is 2. The van der Waals surface area contributed by atoms with Crippen molar-refractivity contribution >= 4 is 39.7 Å². The molecule has 0 aliphatic carbocycles. The Labute approximate surface area is 189 Å². The molecule has 2 heterocycles. The van der Waals surface area contributed by atoms with Gasteiger partial charge < -0.3 is 10.6 Å². The fourth-order valence-electron chi connectivity index (χ4n) is 3.29. The van der Waals surface area contributed by atoms with E-state index in [0.717, 1.165) is 12.5 Å². The topological polar surface area (TPSA) is 62.7 Å². The lowest BCUT2D eigenvalue weighted by molar-refractivity contribution is 0.584. The van der Waals surface area contributed by atoms with E-state index < -0.39 is 11.6 Å². The molecule has 0 atom stereocenters. The van der Waals surface area contributed by atoms with Crippen LogP contribution in [0.4, 0.5) is 20.3 Å². The van der Waals surface area contributed by atoms with Crippen molar-refractivity contribution < 1.29 is 8.78 Å². The molecule has 5 nitrogen and oxygen atoms in total. The van der Waals surface area contributed by atoms with Crippen molar-refractivity contribution in [1.29, 1.82) is 0 Å². The van der Waals surface area contributed by atoms with Crippen molar-refractivity contribution in [2.24, 2.45) is 0 Å². The monoisotopic (exact) mass is 451 g/mol. The third-order valence-electron chi connectivity index (χ3n) is 4.82. The number of halogens is 3. The molecule has 4 aromatic rings. The summed E-state index contributed by atoms with van der Waals surface area (Å²) in [6, 6.07) is 11.0. The second kappa shape index (κ2) is 9.28. The van der Waals surface area contributed by atoms with Crippen molar-refractivity contribution in [3.63, 3.8) is 0 Å². The van der Waals surface area contributed by atoms with Crippen LogP contribution in [0.3, 0.4) is 0 Å². The number of benzene rings is 2. The maximum absolute atomic E-state index is 14.5. The highest BCUT2D eigenvalue weighted by atomic mass is 35.5. The fraction of sp³-hybridized carbons (Fsp3) is 0.125. The summed E-state index contributed by atoms with van der Waals surface area (Å²) in [5, 5.41) is 7.29. The predicted octanol–water partition coefficient (Wildman–Crippen LogP) is 6.53. The third-order valence-corrected chi connectivity index (χ3v) is 5.14. The Morgan fingerprint density at radius 2 is 1.94 bits per heavy atom. The van der Waals surface area contributed by atoms with E-state index in [1.54, 1.807) is 24.5 Å². The molecule has 0 amide bonds. The average Bonchev–Trinajstić information content (AvgIpc) is 2.78. The van der Waals surface area contributed by atoms with E-state index in [9.17, 15) is 8.78 Å². The summed E-state index contributed by atoms with van der Waals surface area (Å²) >= 11 is 6.34. The van der Waals surface area contributed by atoms with Gasteiger partial charge in [-0.25, -0.2) is 18.7 Å². The maximum atomic E-state index is 14.5. The molecule has 4 rings (SSSR count). The second-order valence-electron chi connectivity index (χ2n) is 7.11. The van der Waals surface area contributed by atoms with Gasteiger partial charge in [0.05, 0.1) is 22.4 Å². The minimum atomic E-state index is -0.698. The van der Waals surface area contributed by atoms with Gasteiger partial charge in [0.15, 0.2) is 5.82 Å². The standard InChI is InChI=1S/C24H20ClF2N5/c1-3-9-29-22-18(11-15(26)12-20(22)27)14(2)30-24-17-8-10-28-13-21(17)31-23(32-24)16-6-4-5-7-19(16)25/h4-8,10-13,29H,2-3,9H2,1H3,(H,30,31,32). The van der Waals surface area contributed by atoms with Crippen LogP contribution in [0.15, 0.2) is 61.4 Å². The highest BCUT2D eigenvalue weighted by molar-refractivity contribution is 6.33. The SMILES string of the molecule is C=C(Nc1nc(-c2ccccc2Cl)nc2cnccc12)c1cc(F)cc(F)c1NCCC. The van der Waals surface area contributed by atoms with Gasteiger partial charge in [0.1, 0.15) is 17.5 Å². The van der Waals surface area contributed by atoms with Crippen LogP contribution in [0.25, 0.3) is 28.0 Å². The van der Waals surface area contributed by atoms with E-state index in [2.05, 4.69) is 32.2 Å². The fourth-order valence-corrected chi connectivity index (χ4v) is 3.51. The lowest BCUT2D eigenvalue weighted by Gasteiger charge is -2.17. The van der Waals surface area contributed by atoms with Crippen LogP contribution < -0.4 is 10.6 Å². The van der Waals surface area contributed by atoms with E-state index in [1.165, 1.54) is 6.07 Å². The summed E-state index contributed by atoms with van der Waals surface area (Å²) in [6.07, 6.45) is 4.01. The molecule has 0 saturated heterocycles. The number of fused-ring (bicyclic) bond motifs is 1. The third kappa shape index (κ3) is 4.38. The van der Waals surface area contributed by atoms with Crippen molar-refractivity contribution in [1.82, 2.24) is 15.0 Å². The molecule has 0 radical (unpaired) electrons. The van der Waals surface area contributed by atoms with Gasteiger partial charge in [0.2, 0.25) is 0 Å². The van der Waals surface area contributed by atoms with E-state index in [1.807, 2.05) is 25.1 Å². The maximum Gasteiger partial charge on any atom is 0.163 e. The Kier molecular flexibility index (Phi) is 6.28. The Bertz CT molecular complexity index is 1310. The van der Waals surface area contributed by atoms with Gasteiger partial charge in [0, 0.05) is 41.0 Å². The van der Waals surface area contributed by atoms with Gasteiger partial charge in [-0.2, -0.15) is 0 Å². The zero-order valence-electron chi connectivity index (χ0n) is 17.3. The highest BCUT2D eigenvalue weighted by Gasteiger charge is 2.17. The lowest BCUT2D eigenvalue weighted by atomic mass is 10.1. The molecular formula is C24H20ClF2N5. The van der Waals surface area contributed by atoms with Crippen molar-refractivity contribution in [2.45, 2.75) is 13.3 Å². The molecule has 2 aromatic carbocycles. The zero-order valence-corrected chi connectivity index (χ0v) is 18.0. The first kappa shape index (κ1) is 21.6. The van der Waals surface area contributed by atoms with E-state index in [4.69, 9.17) is 11.6 Å². The Morgan fingerprint density at radius 1 is 1.12 bits per heavy atom. The summed E-state index contributed by atoms with van der Waals surface area (Å²) in [6.45, 7) is 6.50. The molecule has 2 aromatic heterocycles. The van der Waals surface area contributed by atoms with Gasteiger partial charge in [-0.3, -0.25) is 4.98 Å². The lowest BCUT2D eigenvalue weighted by Crippen LogP contribution is -2.09. The van der Waals surface area contributed by atoms with Crippen LogP contribution in [0.5, 0.6) is 0 Å². The summed E-state index contributed by atoms with van der Waals surface area (Å²) in [5.41, 5.74) is 1.97. The summed E-state index contributed by atoms with van der Waals surface area (Å²) in [4.78, 5) is 13.3. The number of aromatic nitrogens is 3. The minimum absolute atomic E-state index is 0.178. The number of nitrogens with zero attached hydrogens (tertiary/aromatic N) is 3. The molecule has 0 bridgehead atoms. The molecule has 0 fully saturated rings. The van der Waals surface area contributed by atoms with Crippen molar-refractivity contribution in [3.8, 4) is 11.4 Å². The quantitative estimate of drug-likeness (QED) is 0.334. The molecule has 0 spiro atoms. The van der Waals surface area contributed by atoms with Crippen molar-refractivity contribution in [3.05, 3.63) is 83.7 Å². The summed E-state index contributed by atoms with van der Waals surface area (Å²) in [5.74, 6) is -0.578. The molecule has 2 N–H and O–H groups in total. The Morgan fingerprint density at radius 3 is 2.72 bits per heavy atom. The molecule has 32 heavy (non-hydrogen) atoms. The van der Waals surface area contributed by atoms with E-state index in [0.29, 0.717) is 39.7 Å².